The van der Waals surface area contributed by atoms with Crippen LogP contribution in [0.3, 0.4) is 0 Å². The number of benzene rings is 2. The summed E-state index contributed by atoms with van der Waals surface area (Å²) in [5, 5.41) is 3.24. The molecule has 0 heterocycles. The van der Waals surface area contributed by atoms with E-state index in [4.69, 9.17) is 5.73 Å². The molecule has 0 spiro atoms. The standard InChI is InChI=1S/C16H16BrFN2O/c1-9-5-13(17)6-10(2)15(9)20-8-12-4-3-11(16(19)21)7-14(12)18/h3-7,20H,8H2,1-2H3,(H2,19,21). The fraction of sp³-hybridized carbons (Fsp3) is 0.188. The number of nitrogens with two attached hydrogens (primary N) is 1. The molecule has 0 saturated heterocycles. The molecule has 21 heavy (non-hydrogen) atoms. The Balaban J connectivity index is 2.19. The number of carbonyl (C=O) groups excluding carboxylic acids is 1. The highest BCUT2D eigenvalue weighted by molar-refractivity contribution is 9.10. The number of primary amides is 1. The average Bonchev–Trinajstić information content (AvgIpc) is 2.38. The smallest absolute Gasteiger partial charge is 0.248 e. The maximum absolute atomic E-state index is 13.9. The molecule has 0 aliphatic carbocycles. The van der Waals surface area contributed by atoms with E-state index in [0.29, 0.717) is 12.1 Å². The number of rotatable bonds is 4. The largest absolute Gasteiger partial charge is 0.380 e. The maximum Gasteiger partial charge on any atom is 0.248 e. The van der Waals surface area contributed by atoms with Gasteiger partial charge in [0, 0.05) is 27.8 Å². The third-order valence-corrected chi connectivity index (χ3v) is 3.75. The van der Waals surface area contributed by atoms with Gasteiger partial charge >= 0.3 is 0 Å². The van der Waals surface area contributed by atoms with E-state index >= 15 is 0 Å². The molecule has 3 N–H and O–H groups in total. The van der Waals surface area contributed by atoms with Crippen LogP contribution in [0.4, 0.5) is 10.1 Å². The molecular formula is C16H16BrFN2O. The first-order valence-electron chi connectivity index (χ1n) is 6.47. The molecule has 2 aromatic carbocycles. The number of nitrogens with one attached hydrogen (secondary N) is 1. The Labute approximate surface area is 131 Å². The van der Waals surface area contributed by atoms with Crippen molar-refractivity contribution in [2.45, 2.75) is 20.4 Å². The molecule has 5 heteroatoms. The molecular weight excluding hydrogens is 335 g/mol. The predicted octanol–water partition coefficient (Wildman–Crippen LogP) is 3.92. The van der Waals surface area contributed by atoms with E-state index in [2.05, 4.69) is 21.2 Å². The van der Waals surface area contributed by atoms with E-state index in [-0.39, 0.29) is 5.56 Å². The van der Waals surface area contributed by atoms with Gasteiger partial charge in [-0.25, -0.2) is 4.39 Å². The quantitative estimate of drug-likeness (QED) is 0.877. The molecule has 0 aliphatic rings. The van der Waals surface area contributed by atoms with Gasteiger partial charge in [-0.1, -0.05) is 22.0 Å². The number of halogens is 2. The van der Waals surface area contributed by atoms with Crippen molar-refractivity contribution in [2.24, 2.45) is 5.73 Å². The Bertz CT molecular complexity index is 678. The van der Waals surface area contributed by atoms with Gasteiger partial charge in [-0.2, -0.15) is 0 Å². The zero-order valence-electron chi connectivity index (χ0n) is 11.8. The SMILES string of the molecule is Cc1cc(Br)cc(C)c1NCc1ccc(C(N)=O)cc1F. The summed E-state index contributed by atoms with van der Waals surface area (Å²) in [4.78, 5) is 11.0. The van der Waals surface area contributed by atoms with Gasteiger partial charge in [0.1, 0.15) is 5.82 Å². The Morgan fingerprint density at radius 2 is 1.86 bits per heavy atom. The lowest BCUT2D eigenvalue weighted by Crippen LogP contribution is -2.12. The number of hydrogen-bond donors (Lipinski definition) is 2. The number of aryl methyl sites for hydroxylation is 2. The molecule has 2 aromatic rings. The van der Waals surface area contributed by atoms with Gasteiger partial charge in [-0.3, -0.25) is 4.79 Å². The van der Waals surface area contributed by atoms with Crippen molar-refractivity contribution in [3.8, 4) is 0 Å². The van der Waals surface area contributed by atoms with Gasteiger partial charge < -0.3 is 11.1 Å². The highest BCUT2D eigenvalue weighted by atomic mass is 79.9. The lowest BCUT2D eigenvalue weighted by molar-refractivity contribution is 0.1000. The van der Waals surface area contributed by atoms with Crippen LogP contribution in [-0.4, -0.2) is 5.91 Å². The van der Waals surface area contributed by atoms with Gasteiger partial charge in [-0.15, -0.1) is 0 Å². The van der Waals surface area contributed by atoms with Crippen LogP contribution in [0.25, 0.3) is 0 Å². The molecule has 0 bridgehead atoms. The summed E-state index contributed by atoms with van der Waals surface area (Å²) in [6.07, 6.45) is 0. The Kier molecular flexibility index (Phi) is 4.63. The molecule has 1 amide bonds. The predicted molar refractivity (Wildman–Crippen MR) is 85.9 cm³/mol. The zero-order valence-corrected chi connectivity index (χ0v) is 13.4. The second-order valence-electron chi connectivity index (χ2n) is 4.94. The fourth-order valence-corrected chi connectivity index (χ4v) is 2.90. The summed E-state index contributed by atoms with van der Waals surface area (Å²) in [7, 11) is 0. The van der Waals surface area contributed by atoms with Crippen LogP contribution in [-0.2, 0) is 6.54 Å². The van der Waals surface area contributed by atoms with E-state index in [9.17, 15) is 9.18 Å². The zero-order chi connectivity index (χ0) is 15.6. The summed E-state index contributed by atoms with van der Waals surface area (Å²) in [5.41, 5.74) is 8.93. The molecule has 0 fully saturated rings. The van der Waals surface area contributed by atoms with Crippen LogP contribution in [0.2, 0.25) is 0 Å². The third-order valence-electron chi connectivity index (χ3n) is 3.29. The minimum absolute atomic E-state index is 0.173. The highest BCUT2D eigenvalue weighted by Crippen LogP contribution is 2.25. The topological polar surface area (TPSA) is 55.1 Å². The summed E-state index contributed by atoms with van der Waals surface area (Å²) >= 11 is 3.44. The number of anilines is 1. The summed E-state index contributed by atoms with van der Waals surface area (Å²) in [6, 6.07) is 8.28. The van der Waals surface area contributed by atoms with Gasteiger partial charge in [0.25, 0.3) is 0 Å². The number of carbonyl (C=O) groups is 1. The van der Waals surface area contributed by atoms with Crippen LogP contribution in [0.15, 0.2) is 34.8 Å². The molecule has 0 aromatic heterocycles. The minimum Gasteiger partial charge on any atom is -0.380 e. The summed E-state index contributed by atoms with van der Waals surface area (Å²) in [6.45, 7) is 4.33. The monoisotopic (exact) mass is 350 g/mol. The van der Waals surface area contributed by atoms with E-state index in [1.54, 1.807) is 6.07 Å². The van der Waals surface area contributed by atoms with Crippen LogP contribution in [0, 0.1) is 19.7 Å². The van der Waals surface area contributed by atoms with E-state index < -0.39 is 11.7 Å². The van der Waals surface area contributed by atoms with Crippen molar-refractivity contribution in [1.82, 2.24) is 0 Å². The van der Waals surface area contributed by atoms with Crippen LogP contribution in [0.5, 0.6) is 0 Å². The van der Waals surface area contributed by atoms with Crippen molar-refractivity contribution in [2.75, 3.05) is 5.32 Å². The Hall–Kier alpha value is -1.88. The van der Waals surface area contributed by atoms with E-state index in [1.165, 1.54) is 12.1 Å². The van der Waals surface area contributed by atoms with Gasteiger partial charge in [0.05, 0.1) is 0 Å². The molecule has 0 unspecified atom stereocenters. The molecule has 110 valence electrons. The van der Waals surface area contributed by atoms with E-state index in [1.807, 2.05) is 26.0 Å². The Morgan fingerprint density at radius 3 is 2.38 bits per heavy atom. The summed E-state index contributed by atoms with van der Waals surface area (Å²) in [5.74, 6) is -1.07. The van der Waals surface area contributed by atoms with Crippen molar-refractivity contribution >= 4 is 27.5 Å². The maximum atomic E-state index is 13.9. The lowest BCUT2D eigenvalue weighted by Gasteiger charge is -2.14. The fourth-order valence-electron chi connectivity index (χ4n) is 2.22. The number of amides is 1. The molecule has 0 aliphatic heterocycles. The van der Waals surface area contributed by atoms with Crippen molar-refractivity contribution in [1.29, 1.82) is 0 Å². The normalized spacial score (nSPS) is 10.5. The second kappa shape index (κ2) is 6.26. The molecule has 0 saturated carbocycles. The first-order valence-corrected chi connectivity index (χ1v) is 7.26. The van der Waals surface area contributed by atoms with Crippen molar-refractivity contribution < 1.29 is 9.18 Å². The molecule has 0 radical (unpaired) electrons. The third kappa shape index (κ3) is 3.61. The second-order valence-corrected chi connectivity index (χ2v) is 5.85. The van der Waals surface area contributed by atoms with Gasteiger partial charge in [0.2, 0.25) is 5.91 Å². The van der Waals surface area contributed by atoms with Crippen molar-refractivity contribution in [3.05, 3.63) is 62.9 Å². The van der Waals surface area contributed by atoms with Gasteiger partial charge in [-0.05, 0) is 49.2 Å². The molecule has 2 rings (SSSR count). The lowest BCUT2D eigenvalue weighted by atomic mass is 10.1. The molecule has 0 atom stereocenters. The first kappa shape index (κ1) is 15.5. The summed E-state index contributed by atoms with van der Waals surface area (Å²) < 4.78 is 14.9. The molecule has 3 nitrogen and oxygen atoms in total. The average molecular weight is 351 g/mol. The van der Waals surface area contributed by atoms with Crippen LogP contribution in [0.1, 0.15) is 27.0 Å². The van der Waals surface area contributed by atoms with E-state index in [0.717, 1.165) is 21.3 Å². The minimum atomic E-state index is -0.631. The van der Waals surface area contributed by atoms with Crippen molar-refractivity contribution in [3.63, 3.8) is 0 Å². The van der Waals surface area contributed by atoms with Crippen LogP contribution >= 0.6 is 15.9 Å². The first-order chi connectivity index (χ1) is 9.88. The van der Waals surface area contributed by atoms with Crippen LogP contribution < -0.4 is 11.1 Å². The van der Waals surface area contributed by atoms with Gasteiger partial charge in [0.15, 0.2) is 0 Å². The number of hydrogen-bond acceptors (Lipinski definition) is 2. The Morgan fingerprint density at radius 1 is 1.24 bits per heavy atom. The highest BCUT2D eigenvalue weighted by Gasteiger charge is 2.09.